The number of anilines is 3. The van der Waals surface area contributed by atoms with Gasteiger partial charge in [-0.15, -0.1) is 0 Å². The van der Waals surface area contributed by atoms with Gasteiger partial charge < -0.3 is 30.2 Å². The van der Waals surface area contributed by atoms with Gasteiger partial charge in [0.15, 0.2) is 18.2 Å². The van der Waals surface area contributed by atoms with Crippen LogP contribution in [0.15, 0.2) is 35.3 Å². The van der Waals surface area contributed by atoms with Crippen LogP contribution in [0.1, 0.15) is 13.8 Å². The number of alkyl halides is 1. The summed E-state index contributed by atoms with van der Waals surface area (Å²) in [5.74, 6) is 0.166. The van der Waals surface area contributed by atoms with Gasteiger partial charge in [0.25, 0.3) is 11.5 Å². The van der Waals surface area contributed by atoms with Gasteiger partial charge in [-0.2, -0.15) is 4.98 Å². The van der Waals surface area contributed by atoms with Crippen molar-refractivity contribution in [3.63, 3.8) is 0 Å². The average Bonchev–Trinajstić information content (AvgIpc) is 2.89. The molecule has 3 aromatic rings. The van der Waals surface area contributed by atoms with E-state index in [0.717, 1.165) is 5.39 Å². The summed E-state index contributed by atoms with van der Waals surface area (Å²) in [4.78, 5) is 35.3. The van der Waals surface area contributed by atoms with Crippen molar-refractivity contribution in [2.24, 2.45) is 18.9 Å². The lowest BCUT2D eigenvalue weighted by atomic mass is 9.77. The van der Waals surface area contributed by atoms with Gasteiger partial charge >= 0.3 is 0 Å². The Morgan fingerprint density at radius 1 is 1.29 bits per heavy atom. The molecule has 1 aliphatic heterocycles. The topological polar surface area (TPSA) is 113 Å². The van der Waals surface area contributed by atoms with Crippen LogP contribution in [0.25, 0.3) is 10.9 Å². The number of carbonyl (C=O) groups excluding carboxylic acids is 1. The minimum Gasteiger partial charge on any atom is -0.478 e. The maximum absolute atomic E-state index is 15.4. The number of halogens is 2. The Labute approximate surface area is 225 Å². The fourth-order valence-corrected chi connectivity index (χ4v) is 4.83. The monoisotopic (exact) mass is 545 g/mol. The van der Waals surface area contributed by atoms with E-state index in [0.29, 0.717) is 47.6 Å². The third-order valence-corrected chi connectivity index (χ3v) is 7.53. The molecule has 0 saturated carbocycles. The van der Waals surface area contributed by atoms with Crippen molar-refractivity contribution in [1.29, 1.82) is 0 Å². The molecule has 3 heterocycles. The minimum absolute atomic E-state index is 0.0679. The number of hydrogen-bond acceptors (Lipinski definition) is 8. The van der Waals surface area contributed by atoms with E-state index in [-0.39, 0.29) is 35.7 Å². The Balaban J connectivity index is 1.61. The van der Waals surface area contributed by atoms with Crippen molar-refractivity contribution >= 4 is 45.9 Å². The smallest absolute Gasteiger partial charge is 0.293 e. The molecule has 1 fully saturated rings. The molecule has 1 aromatic carbocycles. The van der Waals surface area contributed by atoms with Crippen LogP contribution in [-0.4, -0.2) is 66.4 Å². The molecule has 0 spiro atoms. The number of aryl methyl sites for hydroxylation is 1. The summed E-state index contributed by atoms with van der Waals surface area (Å²) >= 11 is 6.43. The number of aromatic nitrogens is 3. The normalized spacial score (nSPS) is 21.4. The van der Waals surface area contributed by atoms with Gasteiger partial charge in [0, 0.05) is 56.6 Å². The molecule has 0 radical (unpaired) electrons. The van der Waals surface area contributed by atoms with Gasteiger partial charge in [-0.25, -0.2) is 9.37 Å². The largest absolute Gasteiger partial charge is 0.478 e. The number of pyridine rings is 1. The molecule has 0 bridgehead atoms. The SMILES string of the molecule is CNCC1CN(c2ncc(Cl)c(Nc3ccc4c(c3)cc(OCC(=O)NC)c(=O)n4C)n2)CC(C)C1(C)F. The van der Waals surface area contributed by atoms with Crippen molar-refractivity contribution in [2.45, 2.75) is 19.5 Å². The van der Waals surface area contributed by atoms with E-state index in [4.69, 9.17) is 16.3 Å². The lowest BCUT2D eigenvalue weighted by Crippen LogP contribution is -2.56. The highest BCUT2D eigenvalue weighted by Crippen LogP contribution is 2.37. The van der Waals surface area contributed by atoms with Gasteiger partial charge in [0.2, 0.25) is 5.95 Å². The van der Waals surface area contributed by atoms with Crippen LogP contribution in [0.4, 0.5) is 21.8 Å². The zero-order valence-electron chi connectivity index (χ0n) is 22.1. The van der Waals surface area contributed by atoms with Gasteiger partial charge in [-0.05, 0) is 38.2 Å². The quantitative estimate of drug-likeness (QED) is 0.396. The summed E-state index contributed by atoms with van der Waals surface area (Å²) in [5, 5.41) is 9.83. The molecule has 1 aliphatic rings. The summed E-state index contributed by atoms with van der Waals surface area (Å²) in [7, 11) is 4.96. The molecule has 0 aliphatic carbocycles. The molecule has 1 saturated heterocycles. The summed E-state index contributed by atoms with van der Waals surface area (Å²) in [6.45, 7) is 4.80. The highest BCUT2D eigenvalue weighted by atomic mass is 35.5. The zero-order chi connectivity index (χ0) is 27.6. The van der Waals surface area contributed by atoms with E-state index >= 15 is 4.39 Å². The van der Waals surface area contributed by atoms with Crippen molar-refractivity contribution < 1.29 is 13.9 Å². The molecule has 2 aromatic heterocycles. The number of nitrogens with one attached hydrogen (secondary N) is 3. The third kappa shape index (κ3) is 5.53. The second kappa shape index (κ2) is 11.1. The summed E-state index contributed by atoms with van der Waals surface area (Å²) in [6, 6.07) is 7.05. The molecule has 10 nitrogen and oxygen atoms in total. The van der Waals surface area contributed by atoms with E-state index < -0.39 is 5.67 Å². The summed E-state index contributed by atoms with van der Waals surface area (Å²) in [5.41, 5.74) is -0.283. The fourth-order valence-electron chi connectivity index (χ4n) is 4.69. The van der Waals surface area contributed by atoms with Crippen LogP contribution in [0, 0.1) is 11.8 Å². The van der Waals surface area contributed by atoms with Crippen LogP contribution in [-0.2, 0) is 11.8 Å². The molecule has 3 unspecified atom stereocenters. The average molecular weight is 546 g/mol. The van der Waals surface area contributed by atoms with E-state index in [1.165, 1.54) is 17.8 Å². The Kier molecular flexibility index (Phi) is 8.08. The van der Waals surface area contributed by atoms with E-state index in [1.807, 2.05) is 31.0 Å². The van der Waals surface area contributed by atoms with E-state index in [9.17, 15) is 9.59 Å². The number of hydrogen-bond donors (Lipinski definition) is 3. The van der Waals surface area contributed by atoms with Gasteiger partial charge in [0.05, 0.1) is 11.7 Å². The zero-order valence-corrected chi connectivity index (χ0v) is 22.9. The maximum atomic E-state index is 15.4. The lowest BCUT2D eigenvalue weighted by molar-refractivity contribution is -0.122. The number of amides is 1. The van der Waals surface area contributed by atoms with Gasteiger partial charge in [-0.3, -0.25) is 9.59 Å². The second-order valence-electron chi connectivity index (χ2n) is 9.81. The van der Waals surface area contributed by atoms with Crippen molar-refractivity contribution in [1.82, 2.24) is 25.2 Å². The van der Waals surface area contributed by atoms with Crippen LogP contribution in [0.3, 0.4) is 0 Å². The van der Waals surface area contributed by atoms with Crippen molar-refractivity contribution in [2.75, 3.05) is 50.6 Å². The maximum Gasteiger partial charge on any atom is 0.293 e. The van der Waals surface area contributed by atoms with Crippen LogP contribution >= 0.6 is 11.6 Å². The Hall–Kier alpha value is -3.44. The van der Waals surface area contributed by atoms with Crippen molar-refractivity contribution in [3.8, 4) is 5.75 Å². The minimum atomic E-state index is -1.30. The molecule has 38 heavy (non-hydrogen) atoms. The predicted molar refractivity (Wildman–Crippen MR) is 147 cm³/mol. The van der Waals surface area contributed by atoms with E-state index in [1.54, 1.807) is 26.1 Å². The summed E-state index contributed by atoms with van der Waals surface area (Å²) < 4.78 is 22.3. The number of carbonyl (C=O) groups is 1. The Morgan fingerprint density at radius 2 is 2.05 bits per heavy atom. The first-order valence-electron chi connectivity index (χ1n) is 12.4. The number of likely N-dealkylation sites (N-methyl/N-ethyl adjacent to an activating group) is 1. The van der Waals surface area contributed by atoms with Crippen LogP contribution < -0.4 is 31.1 Å². The van der Waals surface area contributed by atoms with Gasteiger partial charge in [0.1, 0.15) is 10.7 Å². The molecule has 12 heteroatoms. The molecule has 3 N–H and O–H groups in total. The standard InChI is InChI=1S/C26H33ClFN7O3/c1-15-12-35(13-17(10-29-3)26(15,2)28)25-31-11-19(27)23(33-25)32-18-6-7-20-16(8-18)9-21(24(37)34(20)5)38-14-22(36)30-4/h6-9,11,15,17,29H,10,12-14H2,1-5H3,(H,30,36)(H,31,32,33). The van der Waals surface area contributed by atoms with Crippen LogP contribution in [0.5, 0.6) is 5.75 Å². The van der Waals surface area contributed by atoms with Crippen LogP contribution in [0.2, 0.25) is 5.02 Å². The van der Waals surface area contributed by atoms with E-state index in [2.05, 4.69) is 25.9 Å². The first-order valence-corrected chi connectivity index (χ1v) is 12.8. The molecule has 204 valence electrons. The summed E-state index contributed by atoms with van der Waals surface area (Å²) in [6.07, 6.45) is 1.53. The first kappa shape index (κ1) is 27.6. The number of piperidine rings is 1. The highest BCUT2D eigenvalue weighted by molar-refractivity contribution is 6.32. The molecule has 4 rings (SSSR count). The fraction of sp³-hybridized carbons (Fsp3) is 0.462. The molecular weight excluding hydrogens is 513 g/mol. The Morgan fingerprint density at radius 3 is 2.76 bits per heavy atom. The van der Waals surface area contributed by atoms with Crippen molar-refractivity contribution in [3.05, 3.63) is 45.8 Å². The second-order valence-corrected chi connectivity index (χ2v) is 10.2. The number of ether oxygens (including phenoxy) is 1. The number of benzene rings is 1. The molecule has 3 atom stereocenters. The number of rotatable bonds is 8. The predicted octanol–water partition coefficient (Wildman–Crippen LogP) is 2.87. The molecular formula is C26H33ClFN7O3. The Bertz CT molecular complexity index is 1400. The van der Waals surface area contributed by atoms with Gasteiger partial charge in [-0.1, -0.05) is 18.5 Å². The molecule has 1 amide bonds. The number of nitrogens with zero attached hydrogens (tertiary/aromatic N) is 4. The lowest BCUT2D eigenvalue weighted by Gasteiger charge is -2.45. The first-order chi connectivity index (χ1) is 18.0. The highest BCUT2D eigenvalue weighted by Gasteiger charge is 2.45. The third-order valence-electron chi connectivity index (χ3n) is 7.25. The number of fused-ring (bicyclic) bond motifs is 1.